The molecule has 90 valence electrons. The number of nitrogens with one attached hydrogen (secondary N) is 2. The van der Waals surface area contributed by atoms with Crippen LogP contribution in [0.4, 0.5) is 0 Å². The molecule has 2 N–H and O–H groups in total. The maximum atomic E-state index is 4.50. The van der Waals surface area contributed by atoms with Gasteiger partial charge in [-0.2, -0.15) is 11.8 Å². The van der Waals surface area contributed by atoms with Crippen LogP contribution in [0.3, 0.4) is 0 Å². The first-order valence-corrected chi connectivity index (χ1v) is 7.11. The largest absolute Gasteiger partial charge is 0.357 e. The Morgan fingerprint density at radius 1 is 1.33 bits per heavy atom. The monoisotopic (exact) mass is 231 g/mol. The molecule has 15 heavy (non-hydrogen) atoms. The fraction of sp³-hybridized carbons (Fsp3) is 0.909. The highest BCUT2D eigenvalue weighted by atomic mass is 32.2. The van der Waals surface area contributed by atoms with Gasteiger partial charge in [-0.25, -0.2) is 0 Å². The van der Waals surface area contributed by atoms with Crippen molar-refractivity contribution in [2.24, 2.45) is 10.9 Å². The van der Waals surface area contributed by atoms with Gasteiger partial charge in [-0.15, -0.1) is 0 Å². The van der Waals surface area contributed by atoms with Crippen molar-refractivity contribution in [3.05, 3.63) is 0 Å². The highest BCUT2D eigenvalue weighted by Gasteiger charge is 1.97. The van der Waals surface area contributed by atoms with Crippen LogP contribution < -0.4 is 10.6 Å². The van der Waals surface area contributed by atoms with Crippen molar-refractivity contribution >= 4 is 17.7 Å². The van der Waals surface area contributed by atoms with Crippen LogP contribution in [-0.2, 0) is 0 Å². The zero-order valence-electron chi connectivity index (χ0n) is 10.5. The standard InChI is InChI=1S/C11H25N3S/c1-5-12-11(14-9-10(2)3)13-7-6-8-15-4/h10H,5-9H2,1-4H3,(H2,12,13,14). The number of aliphatic imine (C=N–C) groups is 1. The predicted molar refractivity (Wildman–Crippen MR) is 71.8 cm³/mol. The van der Waals surface area contributed by atoms with E-state index in [0.29, 0.717) is 5.92 Å². The van der Waals surface area contributed by atoms with Crippen molar-refractivity contribution in [3.63, 3.8) is 0 Å². The Labute approximate surface area is 98.5 Å². The van der Waals surface area contributed by atoms with Crippen LogP contribution >= 0.6 is 11.8 Å². The van der Waals surface area contributed by atoms with Crippen LogP contribution in [0, 0.1) is 5.92 Å². The number of nitrogens with zero attached hydrogens (tertiary/aromatic N) is 1. The first-order chi connectivity index (χ1) is 7.20. The van der Waals surface area contributed by atoms with Gasteiger partial charge in [0.2, 0.25) is 0 Å². The number of hydrogen-bond acceptors (Lipinski definition) is 2. The minimum Gasteiger partial charge on any atom is -0.357 e. The summed E-state index contributed by atoms with van der Waals surface area (Å²) in [5.41, 5.74) is 0. The molecule has 0 atom stereocenters. The molecule has 0 spiro atoms. The number of rotatable bonds is 7. The maximum Gasteiger partial charge on any atom is 0.191 e. The molecule has 0 unspecified atom stereocenters. The van der Waals surface area contributed by atoms with E-state index in [0.717, 1.165) is 25.6 Å². The van der Waals surface area contributed by atoms with Gasteiger partial charge in [0.1, 0.15) is 0 Å². The summed E-state index contributed by atoms with van der Waals surface area (Å²) in [4.78, 5) is 4.50. The summed E-state index contributed by atoms with van der Waals surface area (Å²) in [6.45, 7) is 9.27. The van der Waals surface area contributed by atoms with E-state index in [-0.39, 0.29) is 0 Å². The summed E-state index contributed by atoms with van der Waals surface area (Å²) < 4.78 is 0. The highest BCUT2D eigenvalue weighted by Crippen LogP contribution is 1.94. The minimum atomic E-state index is 0.617. The minimum absolute atomic E-state index is 0.617. The lowest BCUT2D eigenvalue weighted by molar-refractivity contribution is 0.656. The summed E-state index contributed by atoms with van der Waals surface area (Å²) in [5.74, 6) is 2.77. The van der Waals surface area contributed by atoms with Crippen LogP contribution in [0.2, 0.25) is 0 Å². The molecule has 0 fully saturated rings. The Hall–Kier alpha value is -0.380. The molecule has 0 radical (unpaired) electrons. The molecular weight excluding hydrogens is 206 g/mol. The van der Waals surface area contributed by atoms with Crippen LogP contribution in [0.1, 0.15) is 27.2 Å². The molecule has 0 heterocycles. The summed E-state index contributed by atoms with van der Waals surface area (Å²) in [7, 11) is 0. The molecule has 0 saturated heterocycles. The molecule has 0 amide bonds. The second-order valence-corrected chi connectivity index (χ2v) is 4.87. The summed E-state index contributed by atoms with van der Waals surface area (Å²) in [6, 6.07) is 0. The summed E-state index contributed by atoms with van der Waals surface area (Å²) in [6.07, 6.45) is 3.32. The SMILES string of the molecule is CCNC(=NCC(C)C)NCCCSC. The van der Waals surface area contributed by atoms with E-state index in [1.54, 1.807) is 0 Å². The van der Waals surface area contributed by atoms with Gasteiger partial charge in [0.25, 0.3) is 0 Å². The van der Waals surface area contributed by atoms with Gasteiger partial charge in [-0.1, -0.05) is 13.8 Å². The Balaban J connectivity index is 3.76. The Kier molecular flexibility index (Phi) is 9.89. The Morgan fingerprint density at radius 3 is 2.60 bits per heavy atom. The molecule has 0 aliphatic carbocycles. The van der Waals surface area contributed by atoms with Crippen molar-refractivity contribution in [3.8, 4) is 0 Å². The van der Waals surface area contributed by atoms with Crippen molar-refractivity contribution in [2.45, 2.75) is 27.2 Å². The summed E-state index contributed by atoms with van der Waals surface area (Å²) >= 11 is 1.88. The van der Waals surface area contributed by atoms with E-state index in [9.17, 15) is 0 Å². The Bertz CT molecular complexity index is 169. The average molecular weight is 231 g/mol. The van der Waals surface area contributed by atoms with E-state index in [4.69, 9.17) is 0 Å². The van der Waals surface area contributed by atoms with Crippen LogP contribution in [0.5, 0.6) is 0 Å². The van der Waals surface area contributed by atoms with Crippen LogP contribution in [0.25, 0.3) is 0 Å². The van der Waals surface area contributed by atoms with Crippen molar-refractivity contribution in [1.82, 2.24) is 10.6 Å². The highest BCUT2D eigenvalue weighted by molar-refractivity contribution is 7.98. The molecular formula is C11H25N3S. The number of guanidine groups is 1. The van der Waals surface area contributed by atoms with Gasteiger partial charge >= 0.3 is 0 Å². The molecule has 0 aliphatic rings. The lowest BCUT2D eigenvalue weighted by atomic mass is 10.2. The van der Waals surface area contributed by atoms with Crippen molar-refractivity contribution in [2.75, 3.05) is 31.6 Å². The zero-order valence-corrected chi connectivity index (χ0v) is 11.3. The average Bonchev–Trinajstić information content (AvgIpc) is 2.20. The maximum absolute atomic E-state index is 4.50. The van der Waals surface area contributed by atoms with Gasteiger partial charge in [-0.3, -0.25) is 4.99 Å². The lowest BCUT2D eigenvalue weighted by Crippen LogP contribution is -2.38. The second kappa shape index (κ2) is 10.1. The van der Waals surface area contributed by atoms with Crippen LogP contribution in [-0.4, -0.2) is 37.6 Å². The fourth-order valence-electron chi connectivity index (χ4n) is 1.04. The topological polar surface area (TPSA) is 36.4 Å². The molecule has 0 aromatic rings. The van der Waals surface area contributed by atoms with Gasteiger partial charge in [-0.05, 0) is 31.3 Å². The third-order valence-electron chi connectivity index (χ3n) is 1.78. The quantitative estimate of drug-likeness (QED) is 0.399. The third-order valence-corrected chi connectivity index (χ3v) is 2.47. The first-order valence-electron chi connectivity index (χ1n) is 5.71. The summed E-state index contributed by atoms with van der Waals surface area (Å²) in [5, 5.41) is 6.58. The van der Waals surface area contributed by atoms with Gasteiger partial charge in [0, 0.05) is 19.6 Å². The van der Waals surface area contributed by atoms with E-state index in [1.807, 2.05) is 11.8 Å². The van der Waals surface area contributed by atoms with E-state index in [1.165, 1.54) is 12.2 Å². The zero-order chi connectivity index (χ0) is 11.5. The van der Waals surface area contributed by atoms with Crippen molar-refractivity contribution < 1.29 is 0 Å². The molecule has 0 bridgehead atoms. The van der Waals surface area contributed by atoms with Gasteiger partial charge in [0.15, 0.2) is 5.96 Å². The molecule has 0 aromatic carbocycles. The predicted octanol–water partition coefficient (Wildman–Crippen LogP) is 1.95. The normalized spacial score (nSPS) is 11.9. The van der Waals surface area contributed by atoms with E-state index >= 15 is 0 Å². The smallest absolute Gasteiger partial charge is 0.191 e. The number of hydrogen-bond donors (Lipinski definition) is 2. The Morgan fingerprint density at radius 2 is 2.07 bits per heavy atom. The van der Waals surface area contributed by atoms with E-state index in [2.05, 4.69) is 42.7 Å². The first kappa shape index (κ1) is 14.6. The fourth-order valence-corrected chi connectivity index (χ4v) is 1.47. The molecule has 4 heteroatoms. The lowest BCUT2D eigenvalue weighted by Gasteiger charge is -2.11. The molecule has 3 nitrogen and oxygen atoms in total. The van der Waals surface area contributed by atoms with Crippen molar-refractivity contribution in [1.29, 1.82) is 0 Å². The van der Waals surface area contributed by atoms with Crippen LogP contribution in [0.15, 0.2) is 4.99 Å². The van der Waals surface area contributed by atoms with Gasteiger partial charge < -0.3 is 10.6 Å². The molecule has 0 rings (SSSR count). The molecule has 0 aliphatic heterocycles. The second-order valence-electron chi connectivity index (χ2n) is 3.89. The number of thioether (sulfide) groups is 1. The third kappa shape index (κ3) is 9.91. The van der Waals surface area contributed by atoms with Gasteiger partial charge in [0.05, 0.1) is 0 Å². The molecule has 0 saturated carbocycles. The van der Waals surface area contributed by atoms with E-state index < -0.39 is 0 Å². The molecule has 0 aromatic heterocycles.